The third-order valence-corrected chi connectivity index (χ3v) is 2.62. The Labute approximate surface area is 94.5 Å². The summed E-state index contributed by atoms with van der Waals surface area (Å²) in [7, 11) is 0. The fraction of sp³-hybridized carbons (Fsp3) is 0.250. The predicted molar refractivity (Wildman–Crippen MR) is 62.7 cm³/mol. The largest absolute Gasteiger partial charge is 0.239 e. The lowest BCUT2D eigenvalue weighted by Crippen LogP contribution is -1.97. The molecule has 0 N–H and O–H groups in total. The lowest BCUT2D eigenvalue weighted by atomic mass is 10.1. The molecule has 0 saturated heterocycles. The molecule has 0 bridgehead atoms. The van der Waals surface area contributed by atoms with E-state index in [0.29, 0.717) is 5.92 Å². The highest BCUT2D eigenvalue weighted by molar-refractivity contribution is 6.32. The number of rotatable bonds is 2. The van der Waals surface area contributed by atoms with Crippen molar-refractivity contribution >= 4 is 11.6 Å². The van der Waals surface area contributed by atoms with E-state index in [-0.39, 0.29) is 0 Å². The molecule has 1 aromatic carbocycles. The highest BCUT2D eigenvalue weighted by Crippen LogP contribution is 2.20. The highest BCUT2D eigenvalue weighted by atomic mass is 35.5. The monoisotopic (exact) mass is 220 g/mol. The quantitative estimate of drug-likeness (QED) is 0.756. The average Bonchev–Trinajstić information content (AvgIpc) is 2.67. The van der Waals surface area contributed by atoms with Crippen LogP contribution in [0, 0.1) is 0 Å². The van der Waals surface area contributed by atoms with Gasteiger partial charge < -0.3 is 0 Å². The molecule has 0 atom stereocenters. The Hall–Kier alpha value is -1.28. The summed E-state index contributed by atoms with van der Waals surface area (Å²) in [4.78, 5) is 0. The Morgan fingerprint density at radius 3 is 2.53 bits per heavy atom. The zero-order chi connectivity index (χ0) is 10.8. The van der Waals surface area contributed by atoms with Gasteiger partial charge in [0.1, 0.15) is 0 Å². The fourth-order valence-electron chi connectivity index (χ4n) is 1.42. The van der Waals surface area contributed by atoms with Crippen molar-refractivity contribution in [2.75, 3.05) is 0 Å². The molecule has 0 spiro atoms. The summed E-state index contributed by atoms with van der Waals surface area (Å²) < 4.78 is 1.82. The fourth-order valence-corrected chi connectivity index (χ4v) is 1.64. The molecular weight excluding hydrogens is 208 g/mol. The van der Waals surface area contributed by atoms with Gasteiger partial charge in [-0.2, -0.15) is 5.10 Å². The van der Waals surface area contributed by atoms with E-state index in [9.17, 15) is 0 Å². The van der Waals surface area contributed by atoms with E-state index in [1.807, 2.05) is 41.2 Å². The molecule has 3 heteroatoms. The summed E-state index contributed by atoms with van der Waals surface area (Å²) >= 11 is 6.09. The smallest absolute Gasteiger partial charge is 0.0831 e. The van der Waals surface area contributed by atoms with Gasteiger partial charge in [0.15, 0.2) is 0 Å². The molecule has 78 valence electrons. The maximum atomic E-state index is 6.09. The predicted octanol–water partition coefficient (Wildman–Crippen LogP) is 3.65. The van der Waals surface area contributed by atoms with E-state index < -0.39 is 0 Å². The van der Waals surface area contributed by atoms with Gasteiger partial charge in [0, 0.05) is 6.20 Å². The molecule has 0 amide bonds. The number of nitrogens with zero attached hydrogens (tertiary/aromatic N) is 2. The Balaban J connectivity index is 2.42. The first-order chi connectivity index (χ1) is 7.18. The summed E-state index contributed by atoms with van der Waals surface area (Å²) in [6.45, 7) is 4.25. The van der Waals surface area contributed by atoms with Crippen molar-refractivity contribution in [1.82, 2.24) is 9.78 Å². The highest BCUT2D eigenvalue weighted by Gasteiger charge is 2.06. The van der Waals surface area contributed by atoms with E-state index in [2.05, 4.69) is 18.9 Å². The van der Waals surface area contributed by atoms with Crippen LogP contribution >= 0.6 is 11.6 Å². The van der Waals surface area contributed by atoms with Crippen molar-refractivity contribution in [3.8, 4) is 5.69 Å². The lowest BCUT2D eigenvalue weighted by molar-refractivity contribution is 0.768. The number of halogens is 1. The molecule has 0 aliphatic carbocycles. The van der Waals surface area contributed by atoms with Crippen LogP contribution in [0.4, 0.5) is 0 Å². The zero-order valence-electron chi connectivity index (χ0n) is 8.81. The second-order valence-electron chi connectivity index (χ2n) is 3.79. The second kappa shape index (κ2) is 4.07. The van der Waals surface area contributed by atoms with Crippen LogP contribution in [0.25, 0.3) is 5.69 Å². The third-order valence-electron chi connectivity index (χ3n) is 2.30. The molecule has 1 heterocycles. The Kier molecular flexibility index (Phi) is 2.78. The summed E-state index contributed by atoms with van der Waals surface area (Å²) in [5.41, 5.74) is 2.00. The van der Waals surface area contributed by atoms with Crippen LogP contribution < -0.4 is 0 Å². The normalized spacial score (nSPS) is 10.9. The maximum Gasteiger partial charge on any atom is 0.0831 e. The minimum Gasteiger partial charge on any atom is -0.239 e. The zero-order valence-corrected chi connectivity index (χ0v) is 9.57. The maximum absolute atomic E-state index is 6.09. The topological polar surface area (TPSA) is 17.8 Å². The number of hydrogen-bond donors (Lipinski definition) is 0. The van der Waals surface area contributed by atoms with Crippen molar-refractivity contribution < 1.29 is 0 Å². The van der Waals surface area contributed by atoms with Crippen molar-refractivity contribution in [3.05, 3.63) is 47.2 Å². The molecule has 0 saturated carbocycles. The molecule has 0 aliphatic heterocycles. The number of hydrogen-bond acceptors (Lipinski definition) is 1. The van der Waals surface area contributed by atoms with Gasteiger partial charge in [-0.3, -0.25) is 0 Å². The molecule has 0 aliphatic rings. The van der Waals surface area contributed by atoms with Crippen LogP contribution in [0.2, 0.25) is 5.02 Å². The first-order valence-electron chi connectivity index (χ1n) is 4.99. The van der Waals surface area contributed by atoms with Crippen molar-refractivity contribution in [2.45, 2.75) is 19.8 Å². The van der Waals surface area contributed by atoms with E-state index in [1.165, 1.54) is 0 Å². The molecule has 0 radical (unpaired) electrons. The van der Waals surface area contributed by atoms with Gasteiger partial charge >= 0.3 is 0 Å². The minimum absolute atomic E-state index is 0.439. The second-order valence-corrected chi connectivity index (χ2v) is 4.20. The minimum atomic E-state index is 0.439. The van der Waals surface area contributed by atoms with Crippen LogP contribution in [0.1, 0.15) is 25.5 Å². The molecule has 1 aromatic heterocycles. The van der Waals surface area contributed by atoms with Gasteiger partial charge in [0.05, 0.1) is 16.4 Å². The number of benzene rings is 1. The van der Waals surface area contributed by atoms with Gasteiger partial charge in [0.2, 0.25) is 0 Å². The average molecular weight is 221 g/mol. The van der Waals surface area contributed by atoms with E-state index in [1.54, 1.807) is 0 Å². The van der Waals surface area contributed by atoms with Crippen LogP contribution in [-0.2, 0) is 0 Å². The molecule has 2 aromatic rings. The van der Waals surface area contributed by atoms with Gasteiger partial charge in [-0.25, -0.2) is 4.68 Å². The van der Waals surface area contributed by atoms with Crippen molar-refractivity contribution in [1.29, 1.82) is 0 Å². The standard InChI is InChI=1S/C12H13ClN2/c1-9(2)11-7-8-15(14-11)12-6-4-3-5-10(12)13/h3-9H,1-2H3. The molecule has 15 heavy (non-hydrogen) atoms. The first-order valence-corrected chi connectivity index (χ1v) is 5.37. The van der Waals surface area contributed by atoms with Gasteiger partial charge in [0.25, 0.3) is 0 Å². The van der Waals surface area contributed by atoms with Crippen molar-refractivity contribution in [3.63, 3.8) is 0 Å². The summed E-state index contributed by atoms with van der Waals surface area (Å²) in [5.74, 6) is 0.439. The number of para-hydroxylation sites is 1. The molecule has 0 unspecified atom stereocenters. The Morgan fingerprint density at radius 1 is 1.20 bits per heavy atom. The van der Waals surface area contributed by atoms with Crippen LogP contribution in [-0.4, -0.2) is 9.78 Å². The SMILES string of the molecule is CC(C)c1ccn(-c2ccccc2Cl)n1. The number of aromatic nitrogens is 2. The summed E-state index contributed by atoms with van der Waals surface area (Å²) in [6.07, 6.45) is 1.94. The lowest BCUT2D eigenvalue weighted by Gasteiger charge is -2.03. The first kappa shape index (κ1) is 10.2. The van der Waals surface area contributed by atoms with E-state index in [0.717, 1.165) is 16.4 Å². The van der Waals surface area contributed by atoms with Gasteiger partial charge in [-0.05, 0) is 24.1 Å². The van der Waals surface area contributed by atoms with Crippen LogP contribution in [0.3, 0.4) is 0 Å². The summed E-state index contributed by atoms with van der Waals surface area (Å²) in [6, 6.07) is 9.72. The Bertz CT molecular complexity index is 460. The molecule has 2 nitrogen and oxygen atoms in total. The van der Waals surface area contributed by atoms with Gasteiger partial charge in [-0.1, -0.05) is 37.6 Å². The van der Waals surface area contributed by atoms with E-state index >= 15 is 0 Å². The summed E-state index contributed by atoms with van der Waals surface area (Å²) in [5, 5.41) is 5.19. The van der Waals surface area contributed by atoms with Crippen LogP contribution in [0.5, 0.6) is 0 Å². The van der Waals surface area contributed by atoms with Gasteiger partial charge in [-0.15, -0.1) is 0 Å². The molecular formula is C12H13ClN2. The third kappa shape index (κ3) is 2.05. The van der Waals surface area contributed by atoms with E-state index in [4.69, 9.17) is 11.6 Å². The molecule has 0 fully saturated rings. The Morgan fingerprint density at radius 2 is 1.93 bits per heavy atom. The van der Waals surface area contributed by atoms with Crippen molar-refractivity contribution in [2.24, 2.45) is 0 Å². The molecule has 2 rings (SSSR count). The van der Waals surface area contributed by atoms with Crippen LogP contribution in [0.15, 0.2) is 36.5 Å².